The van der Waals surface area contributed by atoms with E-state index in [-0.39, 0.29) is 60.2 Å². The smallest absolute Gasteiger partial charge is 0.387 e. The highest BCUT2D eigenvalue weighted by atomic mass is 19.3. The van der Waals surface area contributed by atoms with Gasteiger partial charge in [-0.2, -0.15) is 8.78 Å². The van der Waals surface area contributed by atoms with Crippen molar-refractivity contribution >= 4 is 17.7 Å². The Kier molecular flexibility index (Phi) is 5.93. The van der Waals surface area contributed by atoms with E-state index in [0.29, 0.717) is 18.4 Å². The lowest BCUT2D eigenvalue weighted by molar-refractivity contribution is -0.147. The molecule has 0 aromatic heterocycles. The summed E-state index contributed by atoms with van der Waals surface area (Å²) < 4.78 is 34.6. The van der Waals surface area contributed by atoms with Gasteiger partial charge in [-0.05, 0) is 43.4 Å². The largest absolute Gasteiger partial charge is 0.493 e. The van der Waals surface area contributed by atoms with Gasteiger partial charge in [-0.3, -0.25) is 19.3 Å². The number of carbonyl (C=O) groups excluding carboxylic acids is 3. The molecule has 3 aliphatic rings. The Morgan fingerprint density at radius 1 is 1.13 bits per heavy atom. The van der Waals surface area contributed by atoms with E-state index < -0.39 is 6.61 Å². The predicted octanol–water partition coefficient (Wildman–Crippen LogP) is 2.74. The van der Waals surface area contributed by atoms with Crippen molar-refractivity contribution in [2.45, 2.75) is 44.9 Å². The number of hydrogen-bond acceptors (Lipinski definition) is 5. The Morgan fingerprint density at radius 2 is 1.77 bits per heavy atom. The fraction of sp³-hybridized carbons (Fsp3) is 0.500. The first-order chi connectivity index (χ1) is 14.9. The average molecular weight is 434 g/mol. The third-order valence-corrected chi connectivity index (χ3v) is 6.00. The van der Waals surface area contributed by atoms with Crippen molar-refractivity contribution in [1.29, 1.82) is 0 Å². The molecular weight excluding hydrogens is 410 g/mol. The van der Waals surface area contributed by atoms with Gasteiger partial charge in [0.25, 0.3) is 0 Å². The van der Waals surface area contributed by atoms with Gasteiger partial charge in [0, 0.05) is 12.6 Å². The maximum atomic E-state index is 13.1. The summed E-state index contributed by atoms with van der Waals surface area (Å²) >= 11 is 0. The Hall–Kier alpha value is -2.97. The van der Waals surface area contributed by atoms with Crippen LogP contribution in [-0.2, 0) is 20.9 Å². The van der Waals surface area contributed by atoms with E-state index in [2.05, 4.69) is 4.74 Å². The van der Waals surface area contributed by atoms with Crippen molar-refractivity contribution in [3.63, 3.8) is 0 Å². The highest BCUT2D eigenvalue weighted by molar-refractivity contribution is 6.07. The number of carbonyl (C=O) groups is 3. The first-order valence-electron chi connectivity index (χ1n) is 10.3. The SMILES string of the molecule is COc1cc(CN(C(=O)CN2C(=O)C3CC=CCC3C2=O)C2CC2)ccc1OC(F)F. The number of hydrogen-bond donors (Lipinski definition) is 0. The lowest BCUT2D eigenvalue weighted by atomic mass is 9.85. The first-order valence-corrected chi connectivity index (χ1v) is 10.3. The van der Waals surface area contributed by atoms with Gasteiger partial charge in [0.15, 0.2) is 11.5 Å². The van der Waals surface area contributed by atoms with Gasteiger partial charge in [0.2, 0.25) is 17.7 Å². The second kappa shape index (κ2) is 8.64. The number of allylic oxidation sites excluding steroid dienone is 2. The molecule has 3 amide bonds. The molecule has 2 atom stereocenters. The van der Waals surface area contributed by atoms with Gasteiger partial charge >= 0.3 is 6.61 Å². The van der Waals surface area contributed by atoms with Gasteiger partial charge in [0.1, 0.15) is 6.54 Å². The lowest BCUT2D eigenvalue weighted by Gasteiger charge is -2.25. The molecular formula is C22H24F2N2O5. The fourth-order valence-corrected chi connectivity index (χ4v) is 4.26. The number of rotatable bonds is 8. The van der Waals surface area contributed by atoms with Crippen LogP contribution < -0.4 is 9.47 Å². The van der Waals surface area contributed by atoms with E-state index in [1.165, 1.54) is 13.2 Å². The Balaban J connectivity index is 1.46. The molecule has 2 fully saturated rings. The molecule has 4 rings (SSSR count). The normalized spacial score (nSPS) is 22.6. The molecule has 2 aliphatic carbocycles. The molecule has 0 spiro atoms. The quantitative estimate of drug-likeness (QED) is 0.465. The maximum absolute atomic E-state index is 13.1. The number of alkyl halides is 2. The van der Waals surface area contributed by atoms with Crippen LogP contribution in [0.4, 0.5) is 8.78 Å². The number of methoxy groups -OCH3 is 1. The van der Waals surface area contributed by atoms with Crippen molar-refractivity contribution in [2.24, 2.45) is 11.8 Å². The van der Waals surface area contributed by atoms with Crippen LogP contribution in [0.15, 0.2) is 30.4 Å². The maximum Gasteiger partial charge on any atom is 0.387 e. The highest BCUT2D eigenvalue weighted by Crippen LogP contribution is 2.36. The molecule has 1 aromatic rings. The predicted molar refractivity (Wildman–Crippen MR) is 105 cm³/mol. The summed E-state index contributed by atoms with van der Waals surface area (Å²) in [6, 6.07) is 4.55. The van der Waals surface area contributed by atoms with Crippen LogP contribution in [0.3, 0.4) is 0 Å². The van der Waals surface area contributed by atoms with Crippen LogP contribution in [0.5, 0.6) is 11.5 Å². The summed E-state index contributed by atoms with van der Waals surface area (Å²) in [6.45, 7) is -3.02. The number of imide groups is 1. The number of benzene rings is 1. The van der Waals surface area contributed by atoms with E-state index in [1.807, 2.05) is 12.2 Å². The van der Waals surface area contributed by atoms with Crippen LogP contribution in [-0.4, -0.2) is 53.8 Å². The van der Waals surface area contributed by atoms with E-state index in [1.54, 1.807) is 17.0 Å². The molecule has 9 heteroatoms. The molecule has 1 aromatic carbocycles. The van der Waals surface area contributed by atoms with E-state index >= 15 is 0 Å². The number of nitrogens with zero attached hydrogens (tertiary/aromatic N) is 2. The van der Waals surface area contributed by atoms with Gasteiger partial charge < -0.3 is 14.4 Å². The molecule has 1 saturated heterocycles. The molecule has 1 heterocycles. The Bertz CT molecular complexity index is 889. The van der Waals surface area contributed by atoms with Gasteiger partial charge in [-0.25, -0.2) is 0 Å². The number of halogens is 2. The lowest BCUT2D eigenvalue weighted by Crippen LogP contribution is -2.43. The molecule has 1 saturated carbocycles. The number of likely N-dealkylation sites (tertiary alicyclic amines) is 1. The standard InChI is InChI=1S/C22H24F2N2O5/c1-30-18-10-13(6-9-17(18)31-22(23)24)11-25(14-7-8-14)19(27)12-26-20(28)15-4-2-3-5-16(15)21(26)29/h2-3,6,9-10,14-16,22H,4-5,7-8,11-12H2,1H3. The summed E-state index contributed by atoms with van der Waals surface area (Å²) in [4.78, 5) is 41.1. The molecule has 166 valence electrons. The average Bonchev–Trinajstić information content (AvgIpc) is 3.57. The Morgan fingerprint density at radius 3 is 2.32 bits per heavy atom. The minimum Gasteiger partial charge on any atom is -0.493 e. The van der Waals surface area contributed by atoms with Crippen LogP contribution in [0.1, 0.15) is 31.2 Å². The summed E-state index contributed by atoms with van der Waals surface area (Å²) in [6.07, 6.45) is 6.54. The van der Waals surface area contributed by atoms with Crippen molar-refractivity contribution in [2.75, 3.05) is 13.7 Å². The van der Waals surface area contributed by atoms with E-state index in [4.69, 9.17) is 4.74 Å². The van der Waals surface area contributed by atoms with Crippen LogP contribution in [0.2, 0.25) is 0 Å². The fourth-order valence-electron chi connectivity index (χ4n) is 4.26. The Labute approximate surface area is 178 Å². The number of amides is 3. The molecule has 2 unspecified atom stereocenters. The molecule has 31 heavy (non-hydrogen) atoms. The minimum absolute atomic E-state index is 0.0345. The summed E-state index contributed by atoms with van der Waals surface area (Å²) in [5, 5.41) is 0. The van der Waals surface area contributed by atoms with Crippen molar-refractivity contribution in [3.05, 3.63) is 35.9 Å². The van der Waals surface area contributed by atoms with Crippen LogP contribution in [0, 0.1) is 11.8 Å². The second-order valence-electron chi connectivity index (χ2n) is 8.03. The minimum atomic E-state index is -2.97. The molecule has 0 radical (unpaired) electrons. The van der Waals surface area contributed by atoms with Gasteiger partial charge in [-0.15, -0.1) is 0 Å². The zero-order chi connectivity index (χ0) is 22.1. The van der Waals surface area contributed by atoms with Crippen LogP contribution >= 0.6 is 0 Å². The summed E-state index contributed by atoms with van der Waals surface area (Å²) in [7, 11) is 1.35. The van der Waals surface area contributed by atoms with E-state index in [0.717, 1.165) is 17.7 Å². The second-order valence-corrected chi connectivity index (χ2v) is 8.03. The van der Waals surface area contributed by atoms with Gasteiger partial charge in [0.05, 0.1) is 18.9 Å². The highest BCUT2D eigenvalue weighted by Gasteiger charge is 2.48. The topological polar surface area (TPSA) is 76.2 Å². The van der Waals surface area contributed by atoms with Gasteiger partial charge in [-0.1, -0.05) is 18.2 Å². The summed E-state index contributed by atoms with van der Waals surface area (Å²) in [5.74, 6) is -1.55. The monoisotopic (exact) mass is 434 g/mol. The van der Waals surface area contributed by atoms with Crippen molar-refractivity contribution in [3.8, 4) is 11.5 Å². The molecule has 0 N–H and O–H groups in total. The summed E-state index contributed by atoms with van der Waals surface area (Å²) in [5.41, 5.74) is 0.677. The van der Waals surface area contributed by atoms with Crippen LogP contribution in [0.25, 0.3) is 0 Å². The third kappa shape index (κ3) is 4.40. The molecule has 0 bridgehead atoms. The third-order valence-electron chi connectivity index (χ3n) is 6.00. The number of ether oxygens (including phenoxy) is 2. The van der Waals surface area contributed by atoms with Crippen molar-refractivity contribution < 1.29 is 32.6 Å². The zero-order valence-corrected chi connectivity index (χ0v) is 17.1. The molecule has 1 aliphatic heterocycles. The first kappa shape index (κ1) is 21.3. The zero-order valence-electron chi connectivity index (χ0n) is 17.1. The van der Waals surface area contributed by atoms with Crippen molar-refractivity contribution in [1.82, 2.24) is 9.80 Å². The molecule has 7 nitrogen and oxygen atoms in total. The number of fused-ring (bicyclic) bond motifs is 1. The van der Waals surface area contributed by atoms with E-state index in [9.17, 15) is 23.2 Å².